The first-order valence-electron chi connectivity index (χ1n) is 16.5. The molecule has 4 aromatic heterocycles. The Bertz CT molecular complexity index is 2800. The van der Waals surface area contributed by atoms with Crippen LogP contribution in [0.3, 0.4) is 0 Å². The second-order valence-corrected chi connectivity index (χ2v) is 14.4. The van der Waals surface area contributed by atoms with Gasteiger partial charge in [0.15, 0.2) is 11.6 Å². The predicted octanol–water partition coefficient (Wildman–Crippen LogP) is 12.3. The molecule has 0 fully saturated rings. The molecule has 0 aliphatic heterocycles. The lowest BCUT2D eigenvalue weighted by molar-refractivity contribution is 1.19. The van der Waals surface area contributed by atoms with Gasteiger partial charge in [0.1, 0.15) is 0 Å². The molecule has 234 valence electrons. The van der Waals surface area contributed by atoms with Crippen molar-refractivity contribution in [3.05, 3.63) is 158 Å². The van der Waals surface area contributed by atoms with Gasteiger partial charge >= 0.3 is 0 Å². The number of nitrogens with zero attached hydrogens (tertiary/aromatic N) is 4. The van der Waals surface area contributed by atoms with E-state index >= 15 is 0 Å². The number of thiophene rings is 2. The lowest BCUT2D eigenvalue weighted by Crippen LogP contribution is -1.96. The maximum absolute atomic E-state index is 5.26. The van der Waals surface area contributed by atoms with Gasteiger partial charge in [-0.25, -0.2) is 19.9 Å². The van der Waals surface area contributed by atoms with E-state index in [2.05, 4.69) is 127 Å². The van der Waals surface area contributed by atoms with Gasteiger partial charge in [-0.2, -0.15) is 0 Å². The molecule has 0 N–H and O–H groups in total. The summed E-state index contributed by atoms with van der Waals surface area (Å²) >= 11 is 3.55. The summed E-state index contributed by atoms with van der Waals surface area (Å²) in [5.41, 5.74) is 8.92. The Balaban J connectivity index is 1.22. The second-order valence-electron chi connectivity index (χ2n) is 12.2. The maximum atomic E-state index is 5.26. The first kappa shape index (κ1) is 28.9. The Morgan fingerprint density at radius 3 is 1.72 bits per heavy atom. The van der Waals surface area contributed by atoms with Crippen molar-refractivity contribution in [2.75, 3.05) is 0 Å². The minimum absolute atomic E-state index is 0.709. The van der Waals surface area contributed by atoms with E-state index in [0.717, 1.165) is 71.7 Å². The minimum atomic E-state index is 0.709. The third-order valence-corrected chi connectivity index (χ3v) is 11.4. The van der Waals surface area contributed by atoms with Crippen LogP contribution < -0.4 is 0 Å². The van der Waals surface area contributed by atoms with Gasteiger partial charge in [-0.15, -0.1) is 22.7 Å². The molecule has 0 saturated heterocycles. The van der Waals surface area contributed by atoms with E-state index in [1.807, 2.05) is 30.3 Å². The Morgan fingerprint density at radius 2 is 1.00 bits per heavy atom. The van der Waals surface area contributed by atoms with Gasteiger partial charge in [-0.3, -0.25) is 0 Å². The SMILES string of the molecule is c1ccc(-c2cc(-c3ccccc3)nc(-c3cccc4sc5ccc(-c6nc(-c7ccccc7)nc7c6sc6ccccc67)cc5c34)n2)cc1. The molecule has 4 heterocycles. The third kappa shape index (κ3) is 4.88. The van der Waals surface area contributed by atoms with Crippen molar-refractivity contribution < 1.29 is 0 Å². The van der Waals surface area contributed by atoms with Crippen molar-refractivity contribution in [2.45, 2.75) is 0 Å². The van der Waals surface area contributed by atoms with Gasteiger partial charge in [0, 0.05) is 58.1 Å². The lowest BCUT2D eigenvalue weighted by Gasteiger charge is -2.11. The lowest BCUT2D eigenvalue weighted by atomic mass is 10.0. The fraction of sp³-hybridized carbons (Fsp3) is 0. The smallest absolute Gasteiger partial charge is 0.161 e. The molecule has 0 spiro atoms. The molecular formula is C44H26N4S2. The Morgan fingerprint density at radius 1 is 0.380 bits per heavy atom. The quantitative estimate of drug-likeness (QED) is 0.182. The highest BCUT2D eigenvalue weighted by molar-refractivity contribution is 7.26. The van der Waals surface area contributed by atoms with Gasteiger partial charge in [0.25, 0.3) is 0 Å². The molecule has 0 unspecified atom stereocenters. The molecule has 0 saturated carbocycles. The summed E-state index contributed by atoms with van der Waals surface area (Å²) in [4.78, 5) is 20.8. The monoisotopic (exact) mass is 674 g/mol. The topological polar surface area (TPSA) is 51.6 Å². The van der Waals surface area contributed by atoms with E-state index in [1.54, 1.807) is 22.7 Å². The van der Waals surface area contributed by atoms with Crippen LogP contribution >= 0.6 is 22.7 Å². The van der Waals surface area contributed by atoms with Crippen LogP contribution in [-0.4, -0.2) is 19.9 Å². The van der Waals surface area contributed by atoms with Crippen LogP contribution in [0.5, 0.6) is 0 Å². The Kier molecular flexibility index (Phi) is 6.82. The van der Waals surface area contributed by atoms with Crippen LogP contribution in [0.4, 0.5) is 0 Å². The second kappa shape index (κ2) is 11.8. The van der Waals surface area contributed by atoms with Crippen LogP contribution in [0.2, 0.25) is 0 Å². The average Bonchev–Trinajstić information content (AvgIpc) is 3.76. The van der Waals surface area contributed by atoms with Gasteiger partial charge in [0.05, 0.1) is 27.3 Å². The first-order valence-corrected chi connectivity index (χ1v) is 18.1. The van der Waals surface area contributed by atoms with Gasteiger partial charge < -0.3 is 0 Å². The molecule has 4 nitrogen and oxygen atoms in total. The Labute approximate surface area is 296 Å². The van der Waals surface area contributed by atoms with Gasteiger partial charge in [-0.05, 0) is 30.3 Å². The molecule has 0 aliphatic carbocycles. The van der Waals surface area contributed by atoms with Gasteiger partial charge in [0.2, 0.25) is 0 Å². The normalized spacial score (nSPS) is 11.6. The zero-order chi connectivity index (χ0) is 33.0. The molecule has 50 heavy (non-hydrogen) atoms. The number of fused-ring (bicyclic) bond motifs is 6. The van der Waals surface area contributed by atoms with Crippen molar-refractivity contribution in [1.82, 2.24) is 19.9 Å². The Hall–Kier alpha value is -6.08. The molecule has 0 atom stereocenters. The summed E-state index contributed by atoms with van der Waals surface area (Å²) in [6.45, 7) is 0. The third-order valence-electron chi connectivity index (χ3n) is 9.13. The molecule has 0 radical (unpaired) electrons. The maximum Gasteiger partial charge on any atom is 0.161 e. The average molecular weight is 675 g/mol. The first-order chi connectivity index (χ1) is 24.8. The van der Waals surface area contributed by atoms with Crippen molar-refractivity contribution in [2.24, 2.45) is 0 Å². The van der Waals surface area contributed by atoms with E-state index in [4.69, 9.17) is 19.9 Å². The van der Waals surface area contributed by atoms with Gasteiger partial charge in [-0.1, -0.05) is 127 Å². The minimum Gasteiger partial charge on any atom is -0.228 e. The van der Waals surface area contributed by atoms with E-state index in [-0.39, 0.29) is 0 Å². The summed E-state index contributed by atoms with van der Waals surface area (Å²) in [5.74, 6) is 1.44. The number of hydrogen-bond acceptors (Lipinski definition) is 6. The van der Waals surface area contributed by atoms with Crippen molar-refractivity contribution in [3.63, 3.8) is 0 Å². The predicted molar refractivity (Wildman–Crippen MR) is 211 cm³/mol. The largest absolute Gasteiger partial charge is 0.228 e. The highest BCUT2D eigenvalue weighted by Gasteiger charge is 2.20. The molecule has 6 aromatic carbocycles. The fourth-order valence-electron chi connectivity index (χ4n) is 6.74. The summed E-state index contributed by atoms with van der Waals surface area (Å²) in [6, 6.07) is 54.8. The zero-order valence-electron chi connectivity index (χ0n) is 26.6. The molecular weight excluding hydrogens is 649 g/mol. The number of hydrogen-bond donors (Lipinski definition) is 0. The van der Waals surface area contributed by atoms with Crippen LogP contribution in [0.1, 0.15) is 0 Å². The molecule has 10 rings (SSSR count). The number of rotatable bonds is 5. The summed E-state index contributed by atoms with van der Waals surface area (Å²) in [7, 11) is 0. The van der Waals surface area contributed by atoms with E-state index in [0.29, 0.717) is 5.82 Å². The highest BCUT2D eigenvalue weighted by Crippen LogP contribution is 2.44. The van der Waals surface area contributed by atoms with Crippen molar-refractivity contribution >= 4 is 63.1 Å². The van der Waals surface area contributed by atoms with E-state index in [1.165, 1.54) is 19.5 Å². The zero-order valence-corrected chi connectivity index (χ0v) is 28.2. The standard InChI is InChI=1S/C44H26N4S2/c1-4-13-27(14-5-1)34-26-35(28-15-6-2-7-16-28)46-44(45-34)32-20-12-22-38-39(32)33-25-30(23-24-37(33)49-38)40-42-41(31-19-10-11-21-36(31)50-42)48-43(47-40)29-17-8-3-9-18-29/h1-26H. The van der Waals surface area contributed by atoms with Crippen molar-refractivity contribution in [3.8, 4) is 56.5 Å². The van der Waals surface area contributed by atoms with Crippen LogP contribution in [0.15, 0.2) is 158 Å². The molecule has 0 amide bonds. The number of benzene rings is 6. The van der Waals surface area contributed by atoms with E-state index < -0.39 is 0 Å². The summed E-state index contributed by atoms with van der Waals surface area (Å²) < 4.78 is 4.71. The van der Waals surface area contributed by atoms with Crippen LogP contribution in [0.25, 0.3) is 97.0 Å². The fourth-order valence-corrected chi connectivity index (χ4v) is 9.01. The summed E-state index contributed by atoms with van der Waals surface area (Å²) in [6.07, 6.45) is 0. The van der Waals surface area contributed by atoms with Crippen LogP contribution in [-0.2, 0) is 0 Å². The number of aromatic nitrogens is 4. The summed E-state index contributed by atoms with van der Waals surface area (Å²) in [5, 5.41) is 3.48. The highest BCUT2D eigenvalue weighted by atomic mass is 32.1. The molecule has 6 heteroatoms. The molecule has 0 bridgehead atoms. The molecule has 0 aliphatic rings. The molecule has 10 aromatic rings. The van der Waals surface area contributed by atoms with Crippen LogP contribution in [0, 0.1) is 0 Å². The van der Waals surface area contributed by atoms with Crippen molar-refractivity contribution in [1.29, 1.82) is 0 Å². The van der Waals surface area contributed by atoms with E-state index in [9.17, 15) is 0 Å².